The highest BCUT2D eigenvalue weighted by molar-refractivity contribution is 5.72. The average Bonchev–Trinajstić information content (AvgIpc) is 2.37. The first-order chi connectivity index (χ1) is 8.95. The molecule has 0 aliphatic heterocycles. The third kappa shape index (κ3) is 4.63. The maximum Gasteiger partial charge on any atom is 0.310 e. The van der Waals surface area contributed by atoms with Crippen LogP contribution in [0, 0.1) is 17.7 Å². The number of carbonyl (C=O) groups is 1. The fourth-order valence-corrected chi connectivity index (χ4v) is 2.03. The van der Waals surface area contributed by atoms with Gasteiger partial charge in [-0.1, -0.05) is 32.0 Å². The molecule has 0 N–H and O–H groups in total. The van der Waals surface area contributed by atoms with E-state index in [1.165, 1.54) is 13.2 Å². The molecule has 19 heavy (non-hydrogen) atoms. The first-order valence-electron chi connectivity index (χ1n) is 6.45. The molecule has 3 nitrogen and oxygen atoms in total. The molecule has 0 fully saturated rings. The van der Waals surface area contributed by atoms with E-state index in [0.717, 1.165) is 0 Å². The number of hydrogen-bond acceptors (Lipinski definition) is 3. The molecule has 1 aromatic carbocycles. The fraction of sp³-hybridized carbons (Fsp3) is 0.533. The Balaban J connectivity index is 2.65. The van der Waals surface area contributed by atoms with Gasteiger partial charge < -0.3 is 9.64 Å². The van der Waals surface area contributed by atoms with Crippen LogP contribution in [0.5, 0.6) is 0 Å². The second-order valence-electron chi connectivity index (χ2n) is 5.16. The molecule has 1 aromatic rings. The Kier molecular flexibility index (Phi) is 5.96. The van der Waals surface area contributed by atoms with Gasteiger partial charge >= 0.3 is 5.97 Å². The molecule has 4 heteroatoms. The number of hydrogen-bond donors (Lipinski definition) is 0. The molecular weight excluding hydrogens is 245 g/mol. The van der Waals surface area contributed by atoms with Crippen molar-refractivity contribution in [2.24, 2.45) is 11.8 Å². The zero-order valence-corrected chi connectivity index (χ0v) is 12.0. The van der Waals surface area contributed by atoms with Gasteiger partial charge in [0, 0.05) is 18.7 Å². The Bertz CT molecular complexity index is 420. The van der Waals surface area contributed by atoms with Gasteiger partial charge in [0.25, 0.3) is 0 Å². The largest absolute Gasteiger partial charge is 0.469 e. The van der Waals surface area contributed by atoms with Crippen molar-refractivity contribution < 1.29 is 13.9 Å². The van der Waals surface area contributed by atoms with Crippen molar-refractivity contribution in [1.82, 2.24) is 4.90 Å². The van der Waals surface area contributed by atoms with Gasteiger partial charge in [-0.3, -0.25) is 4.79 Å². The summed E-state index contributed by atoms with van der Waals surface area (Å²) in [5.41, 5.74) is 0.636. The smallest absolute Gasteiger partial charge is 0.310 e. The van der Waals surface area contributed by atoms with Gasteiger partial charge in [-0.05, 0) is 19.0 Å². The molecular formula is C15H22FNO2. The quantitative estimate of drug-likeness (QED) is 0.742. The zero-order valence-electron chi connectivity index (χ0n) is 12.0. The van der Waals surface area contributed by atoms with E-state index in [-0.39, 0.29) is 23.6 Å². The maximum atomic E-state index is 13.6. The number of nitrogens with zero attached hydrogens (tertiary/aromatic N) is 1. The monoisotopic (exact) mass is 267 g/mol. The van der Waals surface area contributed by atoms with Gasteiger partial charge in [0.05, 0.1) is 13.0 Å². The van der Waals surface area contributed by atoms with E-state index in [4.69, 9.17) is 4.74 Å². The third-order valence-corrected chi connectivity index (χ3v) is 3.22. The van der Waals surface area contributed by atoms with Gasteiger partial charge in [-0.15, -0.1) is 0 Å². The Hall–Kier alpha value is -1.42. The van der Waals surface area contributed by atoms with Crippen LogP contribution in [0.1, 0.15) is 19.4 Å². The highest BCUT2D eigenvalue weighted by Crippen LogP contribution is 2.16. The standard InChI is InChI=1S/C15H22FNO2/c1-11(2)13(15(18)19-4)10-17(3)9-12-7-5-6-8-14(12)16/h5-8,11,13H,9-10H2,1-4H3. The van der Waals surface area contributed by atoms with Crippen molar-refractivity contribution in [2.75, 3.05) is 20.7 Å². The number of halogens is 1. The summed E-state index contributed by atoms with van der Waals surface area (Å²) >= 11 is 0. The summed E-state index contributed by atoms with van der Waals surface area (Å²) in [4.78, 5) is 13.6. The lowest BCUT2D eigenvalue weighted by molar-refractivity contribution is -0.147. The Morgan fingerprint density at radius 1 is 1.37 bits per heavy atom. The molecule has 106 valence electrons. The molecule has 1 rings (SSSR count). The minimum Gasteiger partial charge on any atom is -0.469 e. The average molecular weight is 267 g/mol. The van der Waals surface area contributed by atoms with Crippen molar-refractivity contribution in [2.45, 2.75) is 20.4 Å². The molecule has 0 aliphatic carbocycles. The van der Waals surface area contributed by atoms with Crippen LogP contribution in [0.15, 0.2) is 24.3 Å². The lowest BCUT2D eigenvalue weighted by Crippen LogP contribution is -2.34. The predicted octanol–water partition coefficient (Wildman–Crippen LogP) is 2.70. The van der Waals surface area contributed by atoms with E-state index in [0.29, 0.717) is 18.7 Å². The van der Waals surface area contributed by atoms with Crippen molar-refractivity contribution in [1.29, 1.82) is 0 Å². The van der Waals surface area contributed by atoms with Crippen LogP contribution in [0.25, 0.3) is 0 Å². The summed E-state index contributed by atoms with van der Waals surface area (Å²) in [5, 5.41) is 0. The minimum absolute atomic E-state index is 0.190. The number of ether oxygens (including phenoxy) is 1. The number of benzene rings is 1. The second-order valence-corrected chi connectivity index (χ2v) is 5.16. The van der Waals surface area contributed by atoms with E-state index in [1.807, 2.05) is 31.9 Å². The molecule has 0 saturated heterocycles. The first kappa shape index (κ1) is 15.6. The van der Waals surface area contributed by atoms with Crippen molar-refractivity contribution in [3.05, 3.63) is 35.6 Å². The van der Waals surface area contributed by atoms with Gasteiger partial charge in [0.1, 0.15) is 5.82 Å². The van der Waals surface area contributed by atoms with Gasteiger partial charge in [0.2, 0.25) is 0 Å². The molecule has 0 bridgehead atoms. The number of rotatable bonds is 6. The summed E-state index contributed by atoms with van der Waals surface area (Å²) < 4.78 is 18.4. The lowest BCUT2D eigenvalue weighted by Gasteiger charge is -2.25. The van der Waals surface area contributed by atoms with Gasteiger partial charge in [0.15, 0.2) is 0 Å². The van der Waals surface area contributed by atoms with E-state index in [1.54, 1.807) is 12.1 Å². The third-order valence-electron chi connectivity index (χ3n) is 3.22. The molecule has 1 atom stereocenters. The molecule has 0 heterocycles. The van der Waals surface area contributed by atoms with Crippen LogP contribution in [-0.2, 0) is 16.1 Å². The first-order valence-corrected chi connectivity index (χ1v) is 6.45. The summed E-state index contributed by atoms with van der Waals surface area (Å²) in [6.45, 7) is 5.00. The van der Waals surface area contributed by atoms with E-state index < -0.39 is 0 Å². The van der Waals surface area contributed by atoms with Crippen LogP contribution < -0.4 is 0 Å². The Morgan fingerprint density at radius 2 is 2.00 bits per heavy atom. The SMILES string of the molecule is COC(=O)C(CN(C)Cc1ccccc1F)C(C)C. The molecule has 0 spiro atoms. The topological polar surface area (TPSA) is 29.5 Å². The van der Waals surface area contributed by atoms with Crippen LogP contribution in [0.4, 0.5) is 4.39 Å². The minimum atomic E-state index is -0.214. The molecule has 0 amide bonds. The zero-order chi connectivity index (χ0) is 14.4. The molecule has 1 unspecified atom stereocenters. The lowest BCUT2D eigenvalue weighted by atomic mass is 9.95. The number of carbonyl (C=O) groups excluding carboxylic acids is 1. The number of methoxy groups -OCH3 is 1. The van der Waals surface area contributed by atoms with Gasteiger partial charge in [-0.2, -0.15) is 0 Å². The molecule has 0 saturated carbocycles. The molecule has 0 aromatic heterocycles. The molecule has 0 aliphatic rings. The van der Waals surface area contributed by atoms with E-state index in [9.17, 15) is 9.18 Å². The molecule has 0 radical (unpaired) electrons. The summed E-state index contributed by atoms with van der Waals surface area (Å²) in [6.07, 6.45) is 0. The highest BCUT2D eigenvalue weighted by Gasteiger charge is 2.24. The van der Waals surface area contributed by atoms with Crippen LogP contribution in [-0.4, -0.2) is 31.6 Å². The summed E-state index contributed by atoms with van der Waals surface area (Å²) in [5.74, 6) is -0.429. The Labute approximate surface area is 114 Å². The van der Waals surface area contributed by atoms with E-state index in [2.05, 4.69) is 0 Å². The predicted molar refractivity (Wildman–Crippen MR) is 73.1 cm³/mol. The second kappa shape index (κ2) is 7.24. The maximum absolute atomic E-state index is 13.6. The van der Waals surface area contributed by atoms with Crippen molar-refractivity contribution in [3.8, 4) is 0 Å². The fourth-order valence-electron chi connectivity index (χ4n) is 2.03. The van der Waals surface area contributed by atoms with E-state index >= 15 is 0 Å². The Morgan fingerprint density at radius 3 is 2.53 bits per heavy atom. The summed E-state index contributed by atoms with van der Waals surface area (Å²) in [7, 11) is 3.28. The van der Waals surface area contributed by atoms with Crippen molar-refractivity contribution in [3.63, 3.8) is 0 Å². The van der Waals surface area contributed by atoms with Crippen molar-refractivity contribution >= 4 is 5.97 Å². The van der Waals surface area contributed by atoms with Crippen LogP contribution in [0.3, 0.4) is 0 Å². The summed E-state index contributed by atoms with van der Waals surface area (Å²) in [6, 6.07) is 6.69. The van der Waals surface area contributed by atoms with Crippen LogP contribution >= 0.6 is 0 Å². The number of esters is 1. The van der Waals surface area contributed by atoms with Gasteiger partial charge in [-0.25, -0.2) is 4.39 Å². The normalized spacial score (nSPS) is 12.8. The van der Waals surface area contributed by atoms with Crippen LogP contribution in [0.2, 0.25) is 0 Å². The highest BCUT2D eigenvalue weighted by atomic mass is 19.1.